The number of carbonyl (C=O) groups is 1. The molecular weight excluding hydrogens is 350 g/mol. The Hall–Kier alpha value is -1.73. The first-order valence-corrected chi connectivity index (χ1v) is 7.96. The molecule has 0 saturated carbocycles. The Labute approximate surface area is 137 Å². The third-order valence-electron chi connectivity index (χ3n) is 3.09. The minimum atomic E-state index is -0.738. The molecule has 0 unspecified atom stereocenters. The Kier molecular flexibility index (Phi) is 6.54. The molecule has 0 fully saturated rings. The average Bonchev–Trinajstić information content (AvgIpc) is 2.95. The summed E-state index contributed by atoms with van der Waals surface area (Å²) in [6.45, 7) is 1.31. The molecule has 0 aliphatic heterocycles. The number of nitrogens with one attached hydrogen (secondary N) is 1. The van der Waals surface area contributed by atoms with E-state index in [9.17, 15) is 4.79 Å². The number of aromatic nitrogens is 2. The van der Waals surface area contributed by atoms with Crippen LogP contribution >= 0.6 is 15.9 Å². The van der Waals surface area contributed by atoms with Gasteiger partial charge in [0.25, 0.3) is 0 Å². The number of hydrogen-bond donors (Lipinski definition) is 2. The van der Waals surface area contributed by atoms with Gasteiger partial charge in [-0.25, -0.2) is 0 Å². The molecule has 7 heteroatoms. The standard InChI is InChI=1S/C15H18BrN3O3/c16-12-7-4-3-6-11(12)15-19-18-13(22-15)10-17-9-5-1-2-8-14(20)21/h3-4,6-7,17H,1-2,5,8-10H2,(H,20,21). The van der Waals surface area contributed by atoms with Crippen LogP contribution in [0.3, 0.4) is 0 Å². The average molecular weight is 368 g/mol. The summed E-state index contributed by atoms with van der Waals surface area (Å²) in [4.78, 5) is 10.4. The molecule has 6 nitrogen and oxygen atoms in total. The number of carboxylic acid groups (broad SMARTS) is 1. The number of carboxylic acids is 1. The predicted octanol–water partition coefficient (Wildman–Crippen LogP) is 3.23. The van der Waals surface area contributed by atoms with Gasteiger partial charge >= 0.3 is 5.97 Å². The molecule has 0 bridgehead atoms. The van der Waals surface area contributed by atoms with Gasteiger partial charge in [-0.1, -0.05) is 18.6 Å². The Morgan fingerprint density at radius 1 is 1.23 bits per heavy atom. The molecule has 1 heterocycles. The minimum Gasteiger partial charge on any atom is -0.481 e. The minimum absolute atomic E-state index is 0.235. The van der Waals surface area contributed by atoms with Crippen molar-refractivity contribution in [1.29, 1.82) is 0 Å². The predicted molar refractivity (Wildman–Crippen MR) is 85.2 cm³/mol. The maximum atomic E-state index is 10.4. The first-order chi connectivity index (χ1) is 10.7. The van der Waals surface area contributed by atoms with Crippen molar-refractivity contribution < 1.29 is 14.3 Å². The first-order valence-electron chi connectivity index (χ1n) is 7.16. The van der Waals surface area contributed by atoms with Crippen LogP contribution in [0.2, 0.25) is 0 Å². The van der Waals surface area contributed by atoms with Crippen LogP contribution in [0.5, 0.6) is 0 Å². The van der Waals surface area contributed by atoms with E-state index in [0.717, 1.165) is 29.4 Å². The highest BCUT2D eigenvalue weighted by Crippen LogP contribution is 2.26. The molecule has 0 aliphatic rings. The molecule has 22 heavy (non-hydrogen) atoms. The van der Waals surface area contributed by atoms with Crippen molar-refractivity contribution in [3.8, 4) is 11.5 Å². The Morgan fingerprint density at radius 2 is 2.05 bits per heavy atom. The summed E-state index contributed by atoms with van der Waals surface area (Å²) in [5, 5.41) is 19.8. The Balaban J connectivity index is 1.72. The molecule has 1 aromatic carbocycles. The monoisotopic (exact) mass is 367 g/mol. The molecular formula is C15H18BrN3O3. The summed E-state index contributed by atoms with van der Waals surface area (Å²) in [7, 11) is 0. The second-order valence-corrected chi connectivity index (χ2v) is 5.72. The molecule has 0 atom stereocenters. The quantitative estimate of drug-likeness (QED) is 0.661. The number of aliphatic carboxylic acids is 1. The number of halogens is 1. The van der Waals surface area contributed by atoms with Gasteiger partial charge in [-0.15, -0.1) is 10.2 Å². The van der Waals surface area contributed by atoms with Crippen molar-refractivity contribution in [3.05, 3.63) is 34.6 Å². The Bertz CT molecular complexity index is 616. The van der Waals surface area contributed by atoms with E-state index in [0.29, 0.717) is 24.7 Å². The molecule has 2 N–H and O–H groups in total. The molecule has 0 saturated heterocycles. The molecule has 118 valence electrons. The molecule has 0 radical (unpaired) electrons. The summed E-state index contributed by atoms with van der Waals surface area (Å²) < 4.78 is 6.53. The van der Waals surface area contributed by atoms with Gasteiger partial charge < -0.3 is 14.8 Å². The van der Waals surface area contributed by atoms with Crippen LogP contribution in [0.1, 0.15) is 31.6 Å². The smallest absolute Gasteiger partial charge is 0.303 e. The summed E-state index contributed by atoms with van der Waals surface area (Å²) in [5.74, 6) is 0.292. The van der Waals surface area contributed by atoms with Crippen LogP contribution in [0, 0.1) is 0 Å². The van der Waals surface area contributed by atoms with Gasteiger partial charge in [0.1, 0.15) is 0 Å². The topological polar surface area (TPSA) is 88.2 Å². The molecule has 0 amide bonds. The van der Waals surface area contributed by atoms with Crippen LogP contribution in [-0.2, 0) is 11.3 Å². The number of unbranched alkanes of at least 4 members (excludes halogenated alkanes) is 2. The highest BCUT2D eigenvalue weighted by Gasteiger charge is 2.10. The summed E-state index contributed by atoms with van der Waals surface area (Å²) in [5.41, 5.74) is 0.870. The number of nitrogens with zero attached hydrogens (tertiary/aromatic N) is 2. The molecule has 1 aromatic heterocycles. The zero-order chi connectivity index (χ0) is 15.8. The van der Waals surface area contributed by atoms with Crippen LogP contribution in [0.15, 0.2) is 33.2 Å². The van der Waals surface area contributed by atoms with E-state index >= 15 is 0 Å². The lowest BCUT2D eigenvalue weighted by atomic mass is 10.2. The molecule has 0 aliphatic carbocycles. The van der Waals surface area contributed by atoms with Gasteiger partial charge in [0.2, 0.25) is 11.8 Å². The van der Waals surface area contributed by atoms with Crippen LogP contribution in [-0.4, -0.2) is 27.8 Å². The van der Waals surface area contributed by atoms with E-state index in [1.165, 1.54) is 0 Å². The zero-order valence-corrected chi connectivity index (χ0v) is 13.7. The van der Waals surface area contributed by atoms with E-state index in [-0.39, 0.29) is 6.42 Å². The highest BCUT2D eigenvalue weighted by molar-refractivity contribution is 9.10. The van der Waals surface area contributed by atoms with Gasteiger partial charge in [0, 0.05) is 10.9 Å². The summed E-state index contributed by atoms with van der Waals surface area (Å²) >= 11 is 3.46. The van der Waals surface area contributed by atoms with Gasteiger partial charge in [-0.05, 0) is 47.4 Å². The lowest BCUT2D eigenvalue weighted by Crippen LogP contribution is -2.15. The third-order valence-corrected chi connectivity index (χ3v) is 3.78. The lowest BCUT2D eigenvalue weighted by Gasteiger charge is -2.01. The van der Waals surface area contributed by atoms with Crippen LogP contribution in [0.4, 0.5) is 0 Å². The second-order valence-electron chi connectivity index (χ2n) is 4.86. The van der Waals surface area contributed by atoms with Crippen molar-refractivity contribution in [2.75, 3.05) is 6.54 Å². The largest absolute Gasteiger partial charge is 0.481 e. The van der Waals surface area contributed by atoms with Gasteiger partial charge in [0.05, 0.1) is 12.1 Å². The zero-order valence-electron chi connectivity index (χ0n) is 12.1. The number of hydrogen-bond acceptors (Lipinski definition) is 5. The van der Waals surface area contributed by atoms with Crippen LogP contribution in [0.25, 0.3) is 11.5 Å². The van der Waals surface area contributed by atoms with E-state index < -0.39 is 5.97 Å². The maximum absolute atomic E-state index is 10.4. The normalized spacial score (nSPS) is 10.8. The second kappa shape index (κ2) is 8.65. The first kappa shape index (κ1) is 16.6. The number of benzene rings is 1. The van der Waals surface area contributed by atoms with E-state index in [1.807, 2.05) is 24.3 Å². The fraction of sp³-hybridized carbons (Fsp3) is 0.400. The van der Waals surface area contributed by atoms with Crippen molar-refractivity contribution >= 4 is 21.9 Å². The fourth-order valence-corrected chi connectivity index (χ4v) is 2.42. The van der Waals surface area contributed by atoms with Crippen molar-refractivity contribution in [1.82, 2.24) is 15.5 Å². The third kappa shape index (κ3) is 5.23. The summed E-state index contributed by atoms with van der Waals surface area (Å²) in [6.07, 6.45) is 2.77. The van der Waals surface area contributed by atoms with E-state index in [2.05, 4.69) is 31.4 Å². The van der Waals surface area contributed by atoms with Crippen molar-refractivity contribution in [2.45, 2.75) is 32.2 Å². The fourth-order valence-electron chi connectivity index (χ4n) is 1.97. The molecule has 2 rings (SSSR count). The molecule has 2 aromatic rings. The number of rotatable bonds is 9. The van der Waals surface area contributed by atoms with Crippen molar-refractivity contribution in [2.24, 2.45) is 0 Å². The SMILES string of the molecule is O=C(O)CCCCCNCc1nnc(-c2ccccc2Br)o1. The molecule has 0 spiro atoms. The Morgan fingerprint density at radius 3 is 2.82 bits per heavy atom. The highest BCUT2D eigenvalue weighted by atomic mass is 79.9. The van der Waals surface area contributed by atoms with Gasteiger partial charge in [0.15, 0.2) is 0 Å². The maximum Gasteiger partial charge on any atom is 0.303 e. The van der Waals surface area contributed by atoms with Crippen LogP contribution < -0.4 is 5.32 Å². The summed E-state index contributed by atoms with van der Waals surface area (Å²) in [6, 6.07) is 7.68. The van der Waals surface area contributed by atoms with Gasteiger partial charge in [-0.2, -0.15) is 0 Å². The van der Waals surface area contributed by atoms with Crippen molar-refractivity contribution in [3.63, 3.8) is 0 Å². The van der Waals surface area contributed by atoms with E-state index in [1.54, 1.807) is 0 Å². The van der Waals surface area contributed by atoms with Gasteiger partial charge in [-0.3, -0.25) is 4.79 Å². The van der Waals surface area contributed by atoms with E-state index in [4.69, 9.17) is 9.52 Å². The lowest BCUT2D eigenvalue weighted by molar-refractivity contribution is -0.137.